The number of likely N-dealkylation sites (tertiary alicyclic amines) is 1. The molecule has 2 amide bonds. The van der Waals surface area contributed by atoms with Crippen LogP contribution in [-0.4, -0.2) is 65.9 Å². The normalized spacial score (nSPS) is 18.0. The molecule has 9 nitrogen and oxygen atoms in total. The molecule has 3 aromatic rings. The number of aromatic amines is 1. The van der Waals surface area contributed by atoms with Crippen LogP contribution in [0.15, 0.2) is 35.1 Å². The van der Waals surface area contributed by atoms with Crippen molar-refractivity contribution >= 4 is 22.7 Å². The zero-order valence-electron chi connectivity index (χ0n) is 24.1. The molecule has 0 aliphatic carbocycles. The monoisotopic (exact) mass is 588 g/mol. The van der Waals surface area contributed by atoms with Crippen LogP contribution in [0.4, 0.5) is 13.2 Å². The fraction of sp³-hybridized carbons (Fsp3) is 0.500. The first-order valence-electron chi connectivity index (χ1n) is 14.0. The number of rotatable bonds is 7. The van der Waals surface area contributed by atoms with Gasteiger partial charge in [0.15, 0.2) is 5.41 Å². The zero-order chi connectivity index (χ0) is 30.4. The molecule has 2 aliphatic rings. The standard InChI is InChI=1S/C30H35F3N4O5/c1-17-13-24(41-4)22(26(38)35-17)14-34-27(39)25-19(3)37(23-8-6-5-7-21(23)25)18(2)20-9-11-36(12-10-20)28(40)29(15-42-16-29)30(31,32)33/h5-8,13,18,20H,9-12,14-16H2,1-4H3,(H,34,39)(H,35,38)/t18-/m1/s1. The van der Waals surface area contributed by atoms with E-state index in [2.05, 4.69) is 14.9 Å². The fourth-order valence-corrected chi connectivity index (χ4v) is 6.31. The predicted molar refractivity (Wildman–Crippen MR) is 150 cm³/mol. The van der Waals surface area contributed by atoms with Gasteiger partial charge in [0, 0.05) is 41.4 Å². The molecule has 2 N–H and O–H groups in total. The highest BCUT2D eigenvalue weighted by Crippen LogP contribution is 2.46. The van der Waals surface area contributed by atoms with Crippen LogP contribution in [0.5, 0.6) is 5.75 Å². The van der Waals surface area contributed by atoms with Crippen LogP contribution < -0.4 is 15.6 Å². The van der Waals surface area contributed by atoms with Crippen molar-refractivity contribution in [1.82, 2.24) is 19.8 Å². The minimum atomic E-state index is -4.65. The molecular formula is C30H35F3N4O5. The number of nitrogens with zero attached hydrogens (tertiary/aromatic N) is 2. The molecule has 5 rings (SSSR count). The Hall–Kier alpha value is -3.80. The molecule has 226 valence electrons. The third kappa shape index (κ3) is 4.95. The predicted octanol–water partition coefficient (Wildman–Crippen LogP) is 4.26. The van der Waals surface area contributed by atoms with Crippen LogP contribution in [0.2, 0.25) is 0 Å². The molecular weight excluding hydrogens is 553 g/mol. The van der Waals surface area contributed by atoms with Crippen molar-refractivity contribution in [2.75, 3.05) is 33.4 Å². The first-order valence-corrected chi connectivity index (χ1v) is 14.0. The number of alkyl halides is 3. The van der Waals surface area contributed by atoms with Gasteiger partial charge in [-0.05, 0) is 51.7 Å². The number of fused-ring (bicyclic) bond motifs is 1. The first-order chi connectivity index (χ1) is 19.9. The van der Waals surface area contributed by atoms with Crippen LogP contribution in [0.25, 0.3) is 10.9 Å². The smallest absolute Gasteiger partial charge is 0.407 e. The van der Waals surface area contributed by atoms with Gasteiger partial charge in [0.25, 0.3) is 11.5 Å². The largest absolute Gasteiger partial charge is 0.496 e. The maximum absolute atomic E-state index is 13.7. The lowest BCUT2D eigenvalue weighted by molar-refractivity contribution is -0.293. The third-order valence-electron chi connectivity index (χ3n) is 8.82. The number of piperidine rings is 1. The van der Waals surface area contributed by atoms with Crippen molar-refractivity contribution in [3.63, 3.8) is 0 Å². The molecule has 2 saturated heterocycles. The second-order valence-corrected chi connectivity index (χ2v) is 11.3. The van der Waals surface area contributed by atoms with E-state index in [1.807, 2.05) is 38.1 Å². The lowest BCUT2D eigenvalue weighted by Crippen LogP contribution is -2.63. The first kappa shape index (κ1) is 29.7. The van der Waals surface area contributed by atoms with Crippen molar-refractivity contribution in [3.8, 4) is 5.75 Å². The van der Waals surface area contributed by atoms with Crippen LogP contribution in [0.1, 0.15) is 53.1 Å². The van der Waals surface area contributed by atoms with Gasteiger partial charge in [-0.25, -0.2) is 0 Å². The zero-order valence-corrected chi connectivity index (χ0v) is 24.1. The van der Waals surface area contributed by atoms with Crippen LogP contribution >= 0.6 is 0 Å². The van der Waals surface area contributed by atoms with Crippen molar-refractivity contribution in [2.24, 2.45) is 11.3 Å². The molecule has 0 spiro atoms. The lowest BCUT2D eigenvalue weighted by atomic mass is 9.81. The van der Waals surface area contributed by atoms with Crippen molar-refractivity contribution < 1.29 is 32.2 Å². The summed E-state index contributed by atoms with van der Waals surface area (Å²) in [7, 11) is 1.47. The van der Waals surface area contributed by atoms with E-state index in [0.29, 0.717) is 35.4 Å². The number of aryl methyl sites for hydroxylation is 1. The highest BCUT2D eigenvalue weighted by Gasteiger charge is 2.66. The Kier molecular flexibility index (Phi) is 7.86. The number of H-pyrrole nitrogens is 1. The summed E-state index contributed by atoms with van der Waals surface area (Å²) in [6.07, 6.45) is -3.58. The highest BCUT2D eigenvalue weighted by molar-refractivity contribution is 6.08. The molecule has 2 aliphatic heterocycles. The van der Waals surface area contributed by atoms with E-state index in [-0.39, 0.29) is 43.1 Å². The Morgan fingerprint density at radius 2 is 1.86 bits per heavy atom. The van der Waals surface area contributed by atoms with Gasteiger partial charge in [0.05, 0.1) is 38.0 Å². The van der Waals surface area contributed by atoms with E-state index in [1.54, 1.807) is 13.0 Å². The molecule has 0 bridgehead atoms. The number of amides is 2. The summed E-state index contributed by atoms with van der Waals surface area (Å²) in [6, 6.07) is 9.17. The van der Waals surface area contributed by atoms with Gasteiger partial charge < -0.3 is 29.2 Å². The summed E-state index contributed by atoms with van der Waals surface area (Å²) >= 11 is 0. The van der Waals surface area contributed by atoms with E-state index < -0.39 is 30.7 Å². The number of hydrogen-bond acceptors (Lipinski definition) is 5. The molecule has 0 saturated carbocycles. The number of nitrogens with one attached hydrogen (secondary N) is 2. The number of aromatic nitrogens is 2. The van der Waals surface area contributed by atoms with E-state index in [1.165, 1.54) is 12.0 Å². The number of carbonyl (C=O) groups excluding carboxylic acids is 2. The summed E-state index contributed by atoms with van der Waals surface area (Å²) < 4.78 is 53.3. The van der Waals surface area contributed by atoms with Gasteiger partial charge in [0.1, 0.15) is 5.75 Å². The number of hydrogen-bond donors (Lipinski definition) is 2. The maximum Gasteiger partial charge on any atom is 0.407 e. The summed E-state index contributed by atoms with van der Waals surface area (Å²) in [5.74, 6) is -0.773. The van der Waals surface area contributed by atoms with Gasteiger partial charge in [-0.3, -0.25) is 14.4 Å². The molecule has 0 radical (unpaired) electrons. The quantitative estimate of drug-likeness (QED) is 0.429. The van der Waals surface area contributed by atoms with Gasteiger partial charge in [0.2, 0.25) is 5.91 Å². The van der Waals surface area contributed by atoms with E-state index in [9.17, 15) is 27.6 Å². The van der Waals surface area contributed by atoms with Crippen molar-refractivity contribution in [3.05, 3.63) is 63.2 Å². The molecule has 1 atom stereocenters. The number of halogens is 3. The third-order valence-corrected chi connectivity index (χ3v) is 8.82. The number of para-hydroxylation sites is 1. The Labute approximate surface area is 241 Å². The van der Waals surface area contributed by atoms with Crippen LogP contribution in [-0.2, 0) is 16.1 Å². The van der Waals surface area contributed by atoms with Gasteiger partial charge in [-0.2, -0.15) is 13.2 Å². The molecule has 2 aromatic heterocycles. The topological polar surface area (TPSA) is 106 Å². The molecule has 12 heteroatoms. The van der Waals surface area contributed by atoms with Gasteiger partial charge >= 0.3 is 6.18 Å². The second kappa shape index (κ2) is 11.1. The minimum absolute atomic E-state index is 0.0247. The minimum Gasteiger partial charge on any atom is -0.496 e. The molecule has 1 aromatic carbocycles. The van der Waals surface area contributed by atoms with Gasteiger partial charge in [-0.1, -0.05) is 18.2 Å². The van der Waals surface area contributed by atoms with Gasteiger partial charge in [-0.15, -0.1) is 0 Å². The summed E-state index contributed by atoms with van der Waals surface area (Å²) in [6.45, 7) is 4.82. The number of methoxy groups -OCH3 is 1. The molecule has 0 unspecified atom stereocenters. The van der Waals surface area contributed by atoms with E-state index >= 15 is 0 Å². The highest BCUT2D eigenvalue weighted by atomic mass is 19.4. The number of carbonyl (C=O) groups is 2. The lowest BCUT2D eigenvalue weighted by Gasteiger charge is -2.45. The van der Waals surface area contributed by atoms with Crippen LogP contribution in [0, 0.1) is 25.2 Å². The second-order valence-electron chi connectivity index (χ2n) is 11.3. The number of pyridine rings is 1. The van der Waals surface area contributed by atoms with Crippen molar-refractivity contribution in [2.45, 2.75) is 52.4 Å². The average Bonchev–Trinajstić information content (AvgIpc) is 3.21. The number of ether oxygens (including phenoxy) is 2. The Morgan fingerprint density at radius 1 is 1.19 bits per heavy atom. The molecule has 2 fully saturated rings. The SMILES string of the molecule is COc1cc(C)[nH]c(=O)c1CNC(=O)c1c(C)n([C@H](C)C2CCN(C(=O)C3(C(F)(F)F)COC3)CC2)c2ccccc12. The Morgan fingerprint density at radius 3 is 2.45 bits per heavy atom. The average molecular weight is 589 g/mol. The summed E-state index contributed by atoms with van der Waals surface area (Å²) in [4.78, 5) is 43.0. The summed E-state index contributed by atoms with van der Waals surface area (Å²) in [5.41, 5.74) is 0.279. The van der Waals surface area contributed by atoms with E-state index in [4.69, 9.17) is 9.47 Å². The Bertz CT molecular complexity index is 1570. The summed E-state index contributed by atoms with van der Waals surface area (Å²) in [5, 5.41) is 3.63. The van der Waals surface area contributed by atoms with Crippen LogP contribution in [0.3, 0.4) is 0 Å². The van der Waals surface area contributed by atoms with Crippen molar-refractivity contribution in [1.29, 1.82) is 0 Å². The fourth-order valence-electron chi connectivity index (χ4n) is 6.31. The molecule has 42 heavy (non-hydrogen) atoms. The maximum atomic E-state index is 13.7. The molecule has 4 heterocycles. The van der Waals surface area contributed by atoms with E-state index in [0.717, 1.165) is 16.6 Å². The Balaban J connectivity index is 1.35. The number of benzene rings is 1.